The first-order valence-corrected chi connectivity index (χ1v) is 5.97. The van der Waals surface area contributed by atoms with Crippen LogP contribution in [0.1, 0.15) is 18.9 Å². The van der Waals surface area contributed by atoms with E-state index in [1.165, 1.54) is 0 Å². The predicted octanol–water partition coefficient (Wildman–Crippen LogP) is 1.34. The first-order valence-electron chi connectivity index (χ1n) is 5.60. The third-order valence-corrected chi connectivity index (χ3v) is 3.36. The summed E-state index contributed by atoms with van der Waals surface area (Å²) >= 11 is 6.04. The standard InChI is InChI=1S/C12H19ClN2O2/c1-2-12(7-16,8-17)15-11-5-3-4-10(13)9(11)6-14/h3-5,15-17H,2,6-8,14H2,1H3. The molecule has 0 amide bonds. The highest BCUT2D eigenvalue weighted by atomic mass is 35.5. The topological polar surface area (TPSA) is 78.5 Å². The zero-order valence-corrected chi connectivity index (χ0v) is 10.7. The Kier molecular flexibility index (Phi) is 5.21. The number of anilines is 1. The Bertz CT molecular complexity index is 359. The molecule has 0 aliphatic rings. The lowest BCUT2D eigenvalue weighted by Gasteiger charge is -2.32. The van der Waals surface area contributed by atoms with Gasteiger partial charge in [-0.05, 0) is 18.6 Å². The Morgan fingerprint density at radius 3 is 2.47 bits per heavy atom. The molecule has 4 nitrogen and oxygen atoms in total. The average Bonchev–Trinajstić information content (AvgIpc) is 2.36. The second-order valence-electron chi connectivity index (χ2n) is 4.05. The molecule has 1 rings (SSSR count). The van der Waals surface area contributed by atoms with Crippen LogP contribution in [0.2, 0.25) is 5.02 Å². The summed E-state index contributed by atoms with van der Waals surface area (Å²) in [5.41, 5.74) is 6.44. The zero-order valence-electron chi connectivity index (χ0n) is 9.91. The van der Waals surface area contributed by atoms with Gasteiger partial charge in [0.25, 0.3) is 0 Å². The van der Waals surface area contributed by atoms with Gasteiger partial charge >= 0.3 is 0 Å². The summed E-state index contributed by atoms with van der Waals surface area (Å²) < 4.78 is 0. The van der Waals surface area contributed by atoms with E-state index in [4.69, 9.17) is 17.3 Å². The van der Waals surface area contributed by atoms with Crippen LogP contribution in [-0.2, 0) is 6.54 Å². The van der Waals surface area contributed by atoms with Crippen LogP contribution in [-0.4, -0.2) is 29.0 Å². The van der Waals surface area contributed by atoms with E-state index in [0.29, 0.717) is 18.0 Å². The summed E-state index contributed by atoms with van der Waals surface area (Å²) in [5, 5.41) is 22.5. The van der Waals surface area contributed by atoms with Gasteiger partial charge in [-0.3, -0.25) is 0 Å². The van der Waals surface area contributed by atoms with Crippen LogP contribution in [0.25, 0.3) is 0 Å². The minimum atomic E-state index is -0.741. The second-order valence-corrected chi connectivity index (χ2v) is 4.45. The number of rotatable bonds is 6. The summed E-state index contributed by atoms with van der Waals surface area (Å²) in [6.45, 7) is 1.89. The lowest BCUT2D eigenvalue weighted by Crippen LogP contribution is -2.45. The molecule has 1 aromatic rings. The van der Waals surface area contributed by atoms with Crippen LogP contribution in [0.15, 0.2) is 18.2 Å². The van der Waals surface area contributed by atoms with Gasteiger partial charge in [-0.1, -0.05) is 24.6 Å². The molecule has 0 unspecified atom stereocenters. The van der Waals surface area contributed by atoms with Gasteiger partial charge in [-0.25, -0.2) is 0 Å². The van der Waals surface area contributed by atoms with Crippen molar-refractivity contribution in [3.05, 3.63) is 28.8 Å². The molecule has 0 saturated carbocycles. The fraction of sp³-hybridized carbons (Fsp3) is 0.500. The lowest BCUT2D eigenvalue weighted by atomic mass is 9.97. The average molecular weight is 259 g/mol. The Morgan fingerprint density at radius 2 is 2.00 bits per heavy atom. The lowest BCUT2D eigenvalue weighted by molar-refractivity contribution is 0.132. The molecule has 0 aromatic heterocycles. The van der Waals surface area contributed by atoms with Crippen molar-refractivity contribution in [3.8, 4) is 0 Å². The summed E-state index contributed by atoms with van der Waals surface area (Å²) in [5.74, 6) is 0. The fourth-order valence-corrected chi connectivity index (χ4v) is 1.86. The molecular weight excluding hydrogens is 240 g/mol. The molecule has 0 heterocycles. The third-order valence-electron chi connectivity index (χ3n) is 3.00. The molecule has 0 atom stereocenters. The second kappa shape index (κ2) is 6.21. The molecule has 96 valence electrons. The van der Waals surface area contributed by atoms with Crippen molar-refractivity contribution in [2.75, 3.05) is 18.5 Å². The van der Waals surface area contributed by atoms with Crippen molar-refractivity contribution in [2.45, 2.75) is 25.4 Å². The van der Waals surface area contributed by atoms with Crippen LogP contribution in [0.5, 0.6) is 0 Å². The van der Waals surface area contributed by atoms with E-state index in [1.54, 1.807) is 12.1 Å². The monoisotopic (exact) mass is 258 g/mol. The first kappa shape index (κ1) is 14.3. The van der Waals surface area contributed by atoms with Crippen molar-refractivity contribution in [2.24, 2.45) is 5.73 Å². The van der Waals surface area contributed by atoms with Crippen LogP contribution in [0.4, 0.5) is 5.69 Å². The molecule has 17 heavy (non-hydrogen) atoms. The van der Waals surface area contributed by atoms with Gasteiger partial charge in [-0.2, -0.15) is 0 Å². The van der Waals surface area contributed by atoms with Gasteiger partial charge in [-0.15, -0.1) is 0 Å². The SMILES string of the molecule is CCC(CO)(CO)Nc1cccc(Cl)c1CN. The number of hydrogen-bond donors (Lipinski definition) is 4. The van der Waals surface area contributed by atoms with Gasteiger partial charge in [0.2, 0.25) is 0 Å². The van der Waals surface area contributed by atoms with Crippen molar-refractivity contribution < 1.29 is 10.2 Å². The molecule has 0 bridgehead atoms. The van der Waals surface area contributed by atoms with Gasteiger partial charge in [0.15, 0.2) is 0 Å². The van der Waals surface area contributed by atoms with E-state index in [-0.39, 0.29) is 13.2 Å². The summed E-state index contributed by atoms with van der Waals surface area (Å²) in [7, 11) is 0. The number of benzene rings is 1. The molecule has 5 N–H and O–H groups in total. The van der Waals surface area contributed by atoms with E-state index in [0.717, 1.165) is 11.3 Å². The van der Waals surface area contributed by atoms with Crippen LogP contribution in [0, 0.1) is 0 Å². The van der Waals surface area contributed by atoms with E-state index in [9.17, 15) is 10.2 Å². The van der Waals surface area contributed by atoms with Crippen molar-refractivity contribution >= 4 is 17.3 Å². The number of aliphatic hydroxyl groups excluding tert-OH is 2. The molecule has 0 aliphatic heterocycles. The quantitative estimate of drug-likeness (QED) is 0.621. The number of hydrogen-bond acceptors (Lipinski definition) is 4. The number of halogens is 1. The summed E-state index contributed by atoms with van der Waals surface area (Å²) in [4.78, 5) is 0. The van der Waals surface area contributed by atoms with E-state index < -0.39 is 5.54 Å². The zero-order chi connectivity index (χ0) is 12.9. The Hall–Kier alpha value is -0.810. The molecule has 0 aliphatic carbocycles. The normalized spacial score (nSPS) is 11.6. The van der Waals surface area contributed by atoms with Crippen molar-refractivity contribution in [3.63, 3.8) is 0 Å². The Morgan fingerprint density at radius 1 is 1.35 bits per heavy atom. The number of aliphatic hydroxyl groups is 2. The molecule has 0 saturated heterocycles. The third kappa shape index (κ3) is 3.10. The first-order chi connectivity index (χ1) is 8.12. The Balaban J connectivity index is 3.05. The highest BCUT2D eigenvalue weighted by Crippen LogP contribution is 2.27. The van der Waals surface area contributed by atoms with Crippen LogP contribution < -0.4 is 11.1 Å². The van der Waals surface area contributed by atoms with Gasteiger partial charge in [0.1, 0.15) is 0 Å². The van der Waals surface area contributed by atoms with Gasteiger partial charge in [0, 0.05) is 22.8 Å². The van der Waals surface area contributed by atoms with E-state index in [2.05, 4.69) is 5.32 Å². The van der Waals surface area contributed by atoms with Crippen LogP contribution in [0.3, 0.4) is 0 Å². The molecule has 1 aromatic carbocycles. The maximum absolute atomic E-state index is 9.38. The molecule has 0 fully saturated rings. The smallest absolute Gasteiger partial charge is 0.0832 e. The van der Waals surface area contributed by atoms with Gasteiger partial charge in [0.05, 0.1) is 18.8 Å². The molecular formula is C12H19ClN2O2. The number of nitrogens with one attached hydrogen (secondary N) is 1. The Labute approximate surface area is 106 Å². The molecule has 0 spiro atoms. The minimum absolute atomic E-state index is 0.156. The maximum atomic E-state index is 9.38. The van der Waals surface area contributed by atoms with Gasteiger partial charge < -0.3 is 21.3 Å². The van der Waals surface area contributed by atoms with Crippen molar-refractivity contribution in [1.82, 2.24) is 0 Å². The van der Waals surface area contributed by atoms with E-state index >= 15 is 0 Å². The summed E-state index contributed by atoms with van der Waals surface area (Å²) in [6, 6.07) is 5.41. The highest BCUT2D eigenvalue weighted by Gasteiger charge is 2.27. The summed E-state index contributed by atoms with van der Waals surface area (Å²) in [6.07, 6.45) is 0.594. The van der Waals surface area contributed by atoms with Crippen LogP contribution >= 0.6 is 11.6 Å². The van der Waals surface area contributed by atoms with Crippen molar-refractivity contribution in [1.29, 1.82) is 0 Å². The predicted molar refractivity (Wildman–Crippen MR) is 70.2 cm³/mol. The number of nitrogens with two attached hydrogens (primary N) is 1. The fourth-order valence-electron chi connectivity index (χ4n) is 1.61. The maximum Gasteiger partial charge on any atom is 0.0832 e. The van der Waals surface area contributed by atoms with E-state index in [1.807, 2.05) is 13.0 Å². The highest BCUT2D eigenvalue weighted by molar-refractivity contribution is 6.31. The molecule has 5 heteroatoms. The molecule has 0 radical (unpaired) electrons. The largest absolute Gasteiger partial charge is 0.394 e. The minimum Gasteiger partial charge on any atom is -0.394 e.